The number of pyridine rings is 1. The molecule has 0 spiro atoms. The van der Waals surface area contributed by atoms with Crippen molar-refractivity contribution in [2.24, 2.45) is 0 Å². The van der Waals surface area contributed by atoms with E-state index in [4.69, 9.17) is 0 Å². The van der Waals surface area contributed by atoms with Crippen molar-refractivity contribution in [2.75, 3.05) is 0 Å². The first-order valence-corrected chi connectivity index (χ1v) is 3.90. The maximum absolute atomic E-state index is 12.6. The molecule has 1 aromatic rings. The van der Waals surface area contributed by atoms with Gasteiger partial charge in [0.15, 0.2) is 0 Å². The van der Waals surface area contributed by atoms with Crippen molar-refractivity contribution in [3.05, 3.63) is 27.1 Å². The van der Waals surface area contributed by atoms with Gasteiger partial charge in [-0.25, -0.2) is 18.2 Å². The Balaban J connectivity index is 3.21. The van der Waals surface area contributed by atoms with Crippen LogP contribution < -0.4 is 0 Å². The molecular weight excluding hydrogens is 289 g/mol. The van der Waals surface area contributed by atoms with Gasteiger partial charge in [0.2, 0.25) is 5.95 Å². The number of hydrogen-bond acceptors (Lipinski definition) is 1. The molecule has 1 nitrogen and oxygen atoms in total. The molecule has 6 heteroatoms. The number of nitrogens with zero attached hydrogens (tertiary/aromatic N) is 1. The van der Waals surface area contributed by atoms with Crippen LogP contribution in [0.3, 0.4) is 0 Å². The van der Waals surface area contributed by atoms with E-state index in [1.165, 1.54) is 22.6 Å². The van der Waals surface area contributed by atoms with Crippen molar-refractivity contribution in [1.29, 1.82) is 0 Å². The average molecular weight is 291 g/mol. The molecule has 1 heterocycles. The van der Waals surface area contributed by atoms with Crippen molar-refractivity contribution in [2.45, 2.75) is 6.43 Å². The van der Waals surface area contributed by atoms with Crippen molar-refractivity contribution in [3.63, 3.8) is 0 Å². The van der Waals surface area contributed by atoms with E-state index >= 15 is 0 Å². The highest BCUT2D eigenvalue weighted by molar-refractivity contribution is 14.1. The maximum Gasteiger partial charge on any atom is 0.280 e. The van der Waals surface area contributed by atoms with Gasteiger partial charge in [-0.15, -0.1) is 0 Å². The molecule has 0 unspecified atom stereocenters. The zero-order valence-electron chi connectivity index (χ0n) is 5.49. The molecule has 12 heavy (non-hydrogen) atoms. The highest BCUT2D eigenvalue weighted by Gasteiger charge is 2.15. The number of hydrogen-bond donors (Lipinski definition) is 0. The van der Waals surface area contributed by atoms with E-state index in [-0.39, 0.29) is 3.57 Å². The minimum atomic E-state index is -2.95. The van der Waals surface area contributed by atoms with E-state index in [1.807, 2.05) is 0 Å². The molecule has 0 saturated heterocycles. The Kier molecular flexibility index (Phi) is 2.86. The molecule has 0 aliphatic heterocycles. The molecule has 0 atom stereocenters. The summed E-state index contributed by atoms with van der Waals surface area (Å²) in [6.45, 7) is 0. The van der Waals surface area contributed by atoms with Crippen LogP contribution in [0, 0.1) is 15.3 Å². The third-order valence-corrected chi connectivity index (χ3v) is 2.08. The Morgan fingerprint density at radius 2 is 1.92 bits per heavy atom. The zero-order chi connectivity index (χ0) is 9.30. The van der Waals surface area contributed by atoms with Crippen molar-refractivity contribution < 1.29 is 17.6 Å². The summed E-state index contributed by atoms with van der Waals surface area (Å²) in [4.78, 5) is 2.87. The second-order valence-electron chi connectivity index (χ2n) is 1.93. The van der Waals surface area contributed by atoms with Gasteiger partial charge in [-0.2, -0.15) is 4.39 Å². The van der Waals surface area contributed by atoms with Gasteiger partial charge < -0.3 is 0 Å². The molecule has 1 aromatic heterocycles. The minimum absolute atomic E-state index is 0.378. The third-order valence-electron chi connectivity index (χ3n) is 1.12. The predicted molar refractivity (Wildman–Crippen MR) is 41.8 cm³/mol. The quantitative estimate of drug-likeness (QED) is 0.440. The first kappa shape index (κ1) is 9.69. The second kappa shape index (κ2) is 3.55. The zero-order valence-corrected chi connectivity index (χ0v) is 7.65. The lowest BCUT2D eigenvalue weighted by Crippen LogP contribution is -1.99. The lowest BCUT2D eigenvalue weighted by Gasteiger charge is -2.00. The summed E-state index contributed by atoms with van der Waals surface area (Å²) < 4.78 is 48.4. The summed E-state index contributed by atoms with van der Waals surface area (Å²) in [5.74, 6) is -2.22. The fourth-order valence-corrected chi connectivity index (χ4v) is 0.875. The minimum Gasteiger partial charge on any atom is -0.218 e. The summed E-state index contributed by atoms with van der Waals surface area (Å²) in [6.07, 6.45) is -2.95. The van der Waals surface area contributed by atoms with Gasteiger partial charge >= 0.3 is 0 Å². The topological polar surface area (TPSA) is 12.9 Å². The summed E-state index contributed by atoms with van der Waals surface area (Å²) in [6, 6.07) is 0.523. The lowest BCUT2D eigenvalue weighted by atomic mass is 10.3. The fourth-order valence-electron chi connectivity index (χ4n) is 0.598. The summed E-state index contributed by atoms with van der Waals surface area (Å²) in [7, 11) is 0. The van der Waals surface area contributed by atoms with E-state index in [9.17, 15) is 17.6 Å². The molecule has 0 aliphatic carbocycles. The Labute approximate surface area is 78.9 Å². The first-order valence-electron chi connectivity index (χ1n) is 2.82. The van der Waals surface area contributed by atoms with Gasteiger partial charge in [-0.3, -0.25) is 0 Å². The predicted octanol–water partition coefficient (Wildman–Crippen LogP) is 2.90. The summed E-state index contributed by atoms with van der Waals surface area (Å²) >= 11 is 1.35. The average Bonchev–Trinajstić information content (AvgIpc) is 1.99. The lowest BCUT2D eigenvalue weighted by molar-refractivity contribution is 0.144. The molecule has 0 saturated carbocycles. The second-order valence-corrected chi connectivity index (χ2v) is 3.01. The Bertz CT molecular complexity index is 279. The molecule has 1 rings (SSSR count). The smallest absolute Gasteiger partial charge is 0.218 e. The van der Waals surface area contributed by atoms with Crippen LogP contribution in [0.5, 0.6) is 0 Å². The number of rotatable bonds is 1. The van der Waals surface area contributed by atoms with Crippen LogP contribution in [0.1, 0.15) is 12.1 Å². The van der Waals surface area contributed by atoms with Gasteiger partial charge in [0.25, 0.3) is 6.43 Å². The molecule has 0 bridgehead atoms. The summed E-state index contributed by atoms with van der Waals surface area (Å²) in [5.41, 5.74) is -0.884. The Morgan fingerprint density at radius 3 is 2.33 bits per heavy atom. The molecule has 0 aromatic carbocycles. The first-order chi connectivity index (χ1) is 5.52. The molecule has 66 valence electrons. The highest BCUT2D eigenvalue weighted by Crippen LogP contribution is 2.21. The van der Waals surface area contributed by atoms with E-state index < -0.39 is 23.9 Å². The highest BCUT2D eigenvalue weighted by atomic mass is 127. The molecule has 0 radical (unpaired) electrons. The van der Waals surface area contributed by atoms with Gasteiger partial charge in [0, 0.05) is 6.07 Å². The van der Waals surface area contributed by atoms with E-state index in [1.54, 1.807) is 0 Å². The normalized spacial score (nSPS) is 10.8. The Hall–Kier alpha value is -0.400. The van der Waals surface area contributed by atoms with Crippen LogP contribution in [-0.2, 0) is 0 Å². The molecule has 0 fully saturated rings. The van der Waals surface area contributed by atoms with E-state index in [0.29, 0.717) is 6.07 Å². The van der Waals surface area contributed by atoms with Crippen LogP contribution in [0.15, 0.2) is 6.07 Å². The molecule has 0 amide bonds. The fraction of sp³-hybridized carbons (Fsp3) is 0.167. The third kappa shape index (κ3) is 1.85. The van der Waals surface area contributed by atoms with Crippen molar-refractivity contribution in [3.8, 4) is 0 Å². The van der Waals surface area contributed by atoms with Gasteiger partial charge in [0.05, 0.1) is 0 Å². The standard InChI is InChI=1S/C6H2F4IN/c7-2-1-3(5(8)9)12-6(10)4(2)11/h1,5H. The molecule has 0 aliphatic rings. The van der Waals surface area contributed by atoms with E-state index in [0.717, 1.165) is 0 Å². The molecular formula is C6H2F4IN. The van der Waals surface area contributed by atoms with Gasteiger partial charge in [-0.1, -0.05) is 0 Å². The SMILES string of the molecule is Fc1cc(C(F)F)nc(F)c1I. The van der Waals surface area contributed by atoms with Crippen LogP contribution in [0.25, 0.3) is 0 Å². The number of halogens is 5. The van der Waals surface area contributed by atoms with Gasteiger partial charge in [-0.05, 0) is 22.6 Å². The summed E-state index contributed by atoms with van der Waals surface area (Å²) in [5, 5.41) is 0. The van der Waals surface area contributed by atoms with Crippen molar-refractivity contribution in [1.82, 2.24) is 4.98 Å². The largest absolute Gasteiger partial charge is 0.280 e. The number of aromatic nitrogens is 1. The molecule has 0 N–H and O–H groups in total. The number of alkyl halides is 2. The van der Waals surface area contributed by atoms with Crippen LogP contribution in [0.2, 0.25) is 0 Å². The van der Waals surface area contributed by atoms with Crippen LogP contribution >= 0.6 is 22.6 Å². The van der Waals surface area contributed by atoms with Crippen LogP contribution in [0.4, 0.5) is 17.6 Å². The monoisotopic (exact) mass is 291 g/mol. The van der Waals surface area contributed by atoms with E-state index in [2.05, 4.69) is 4.98 Å². The van der Waals surface area contributed by atoms with Gasteiger partial charge in [0.1, 0.15) is 15.1 Å². The maximum atomic E-state index is 12.6. The van der Waals surface area contributed by atoms with Crippen LogP contribution in [-0.4, -0.2) is 4.98 Å². The Morgan fingerprint density at radius 1 is 1.33 bits per heavy atom. The van der Waals surface area contributed by atoms with Crippen molar-refractivity contribution >= 4 is 22.6 Å².